The number of hydrogen-bond donors (Lipinski definition) is 1. The van der Waals surface area contributed by atoms with Crippen LogP contribution in [0, 0.1) is 11.8 Å². The summed E-state index contributed by atoms with van der Waals surface area (Å²) >= 11 is 0. The molecule has 0 radical (unpaired) electrons. The highest BCUT2D eigenvalue weighted by Gasteiger charge is 2.45. The zero-order valence-corrected chi connectivity index (χ0v) is 19.9. The van der Waals surface area contributed by atoms with E-state index < -0.39 is 23.6 Å². The number of nitrogens with zero attached hydrogens (tertiary/aromatic N) is 4. The summed E-state index contributed by atoms with van der Waals surface area (Å²) in [5.74, 6) is -0.628. The summed E-state index contributed by atoms with van der Waals surface area (Å²) in [6.45, 7) is 1.64. The lowest BCUT2D eigenvalue weighted by molar-refractivity contribution is -0.120. The molecule has 36 heavy (non-hydrogen) atoms. The predicted octanol–water partition coefficient (Wildman–Crippen LogP) is 4.29. The van der Waals surface area contributed by atoms with Gasteiger partial charge in [-0.1, -0.05) is 24.6 Å². The second-order valence-corrected chi connectivity index (χ2v) is 9.54. The first-order valence-electron chi connectivity index (χ1n) is 11.9. The zero-order chi connectivity index (χ0) is 25.6. The first-order chi connectivity index (χ1) is 17.1. The van der Waals surface area contributed by atoms with Crippen LogP contribution in [0.4, 0.5) is 18.9 Å². The topological polar surface area (TPSA) is 80.1 Å². The molecule has 2 aromatic rings. The number of hydrogen-bond acceptors (Lipinski definition) is 4. The van der Waals surface area contributed by atoms with E-state index in [2.05, 4.69) is 15.5 Å². The molecule has 0 spiro atoms. The Morgan fingerprint density at radius 1 is 1.25 bits per heavy atom. The van der Waals surface area contributed by atoms with Crippen molar-refractivity contribution in [2.45, 2.75) is 44.8 Å². The first-order valence-corrected chi connectivity index (χ1v) is 11.9. The second kappa shape index (κ2) is 9.07. The van der Waals surface area contributed by atoms with E-state index in [1.807, 2.05) is 23.7 Å². The van der Waals surface area contributed by atoms with Crippen molar-refractivity contribution in [1.29, 1.82) is 0 Å². The lowest BCUT2D eigenvalue weighted by Gasteiger charge is -2.34. The van der Waals surface area contributed by atoms with Gasteiger partial charge in [0.15, 0.2) is 0 Å². The zero-order valence-electron chi connectivity index (χ0n) is 19.9. The molecule has 1 saturated carbocycles. The molecule has 5 rings (SSSR count). The summed E-state index contributed by atoms with van der Waals surface area (Å²) in [6.07, 6.45) is 5.27. The summed E-state index contributed by atoms with van der Waals surface area (Å²) in [4.78, 5) is 26.2. The lowest BCUT2D eigenvalue weighted by atomic mass is 9.72. The fourth-order valence-electron chi connectivity index (χ4n) is 5.13. The number of fused-ring (bicyclic) bond motifs is 1. The molecule has 1 aliphatic heterocycles. The number of aryl methyl sites for hydroxylation is 1. The van der Waals surface area contributed by atoms with Gasteiger partial charge in [0.2, 0.25) is 11.8 Å². The van der Waals surface area contributed by atoms with Crippen molar-refractivity contribution in [3.8, 4) is 0 Å². The van der Waals surface area contributed by atoms with Crippen LogP contribution in [-0.2, 0) is 23.2 Å². The number of nitrogens with one attached hydrogen (secondary N) is 1. The minimum absolute atomic E-state index is 0.0624. The Morgan fingerprint density at radius 3 is 2.64 bits per heavy atom. The number of benzene rings is 1. The highest BCUT2D eigenvalue weighted by atomic mass is 19.4. The Hall–Kier alpha value is -3.69. The molecule has 188 valence electrons. The van der Waals surface area contributed by atoms with Gasteiger partial charge >= 0.3 is 6.18 Å². The second-order valence-electron chi connectivity index (χ2n) is 9.54. The first kappa shape index (κ1) is 24.0. The quantitative estimate of drug-likeness (QED) is 0.646. The Labute approximate surface area is 206 Å². The molecular formula is C26H26F3N5O2. The lowest BCUT2D eigenvalue weighted by Crippen LogP contribution is -2.28. The molecule has 2 aliphatic carbocycles. The number of halogens is 3. The van der Waals surface area contributed by atoms with Crippen molar-refractivity contribution in [1.82, 2.24) is 20.1 Å². The summed E-state index contributed by atoms with van der Waals surface area (Å²) in [5.41, 5.74) is 1.21. The molecule has 0 bridgehead atoms. The van der Waals surface area contributed by atoms with Gasteiger partial charge < -0.3 is 9.88 Å². The third-order valence-corrected chi connectivity index (χ3v) is 7.11. The molecule has 1 unspecified atom stereocenters. The van der Waals surface area contributed by atoms with Gasteiger partial charge in [-0.05, 0) is 53.7 Å². The maximum Gasteiger partial charge on any atom is 0.416 e. The van der Waals surface area contributed by atoms with Gasteiger partial charge in [0, 0.05) is 38.3 Å². The average molecular weight is 498 g/mol. The molecule has 2 atom stereocenters. The van der Waals surface area contributed by atoms with E-state index in [4.69, 9.17) is 0 Å². The largest absolute Gasteiger partial charge is 0.416 e. The van der Waals surface area contributed by atoms with Crippen molar-refractivity contribution in [3.63, 3.8) is 0 Å². The van der Waals surface area contributed by atoms with Gasteiger partial charge in [0.25, 0.3) is 0 Å². The van der Waals surface area contributed by atoms with Crippen LogP contribution < -0.4 is 10.2 Å². The van der Waals surface area contributed by atoms with Crippen molar-refractivity contribution in [2.24, 2.45) is 18.9 Å². The number of rotatable bonds is 6. The van der Waals surface area contributed by atoms with Crippen LogP contribution in [0.5, 0.6) is 0 Å². The van der Waals surface area contributed by atoms with E-state index in [1.165, 1.54) is 30.2 Å². The third-order valence-electron chi connectivity index (χ3n) is 7.11. The average Bonchev–Trinajstić information content (AvgIpc) is 3.36. The number of anilines is 1. The molecule has 1 N–H and O–H groups in total. The monoisotopic (exact) mass is 497 g/mol. The fourth-order valence-corrected chi connectivity index (χ4v) is 5.13. The normalized spacial score (nSPS) is 20.5. The van der Waals surface area contributed by atoms with Crippen LogP contribution in [0.25, 0.3) is 0 Å². The number of amides is 2. The van der Waals surface area contributed by atoms with Gasteiger partial charge in [-0.2, -0.15) is 13.2 Å². The summed E-state index contributed by atoms with van der Waals surface area (Å²) in [7, 11) is 1.87. The fraction of sp³-hybridized carbons (Fsp3) is 0.385. The van der Waals surface area contributed by atoms with Crippen molar-refractivity contribution in [3.05, 3.63) is 77.1 Å². The minimum Gasteiger partial charge on any atom is -0.352 e. The number of carbonyl (C=O) groups is 2. The molecule has 3 aliphatic rings. The van der Waals surface area contributed by atoms with Gasteiger partial charge in [0.05, 0.1) is 11.5 Å². The number of allylic oxidation sites excluding steroid dienone is 3. The minimum atomic E-state index is -4.57. The SMILES string of the molecule is CC(=O)NCc1cc([C@@H](c2nncn2C)C2CCC2)cc(N2C=C3C(C(F)(F)F)=CC=CC3C2=O)c1. The van der Waals surface area contributed by atoms with E-state index in [0.29, 0.717) is 11.6 Å². The van der Waals surface area contributed by atoms with Gasteiger partial charge in [-0.3, -0.25) is 14.5 Å². The van der Waals surface area contributed by atoms with Crippen LogP contribution in [0.15, 0.2) is 60.1 Å². The Bertz CT molecular complexity index is 1300. The number of carbonyl (C=O) groups excluding carboxylic acids is 2. The Balaban J connectivity index is 1.60. The molecule has 10 heteroatoms. The molecule has 1 fully saturated rings. The van der Waals surface area contributed by atoms with Crippen LogP contribution in [0.2, 0.25) is 0 Å². The van der Waals surface area contributed by atoms with E-state index in [-0.39, 0.29) is 23.9 Å². The maximum atomic E-state index is 13.6. The van der Waals surface area contributed by atoms with E-state index >= 15 is 0 Å². The standard InChI is InChI=1S/C26H26F3N5O2/c1-15(35)30-12-16-9-18(23(17-5-3-6-17)24-32-31-14-33(24)2)11-19(10-16)34-13-21-20(25(34)36)7-4-8-22(21)26(27,28)29/h4,7-11,13-14,17,20,23H,3,5-6,12H2,1-2H3,(H,30,35)/t20?,23-/m0/s1. The molecule has 1 aromatic carbocycles. The van der Waals surface area contributed by atoms with Crippen LogP contribution in [0.1, 0.15) is 49.1 Å². The smallest absolute Gasteiger partial charge is 0.352 e. The van der Waals surface area contributed by atoms with Gasteiger partial charge in [-0.15, -0.1) is 10.2 Å². The van der Waals surface area contributed by atoms with Crippen molar-refractivity contribution in [2.75, 3.05) is 4.90 Å². The highest BCUT2D eigenvalue weighted by Crippen LogP contribution is 2.45. The molecule has 2 heterocycles. The summed E-state index contributed by atoms with van der Waals surface area (Å²) < 4.78 is 42.8. The van der Waals surface area contributed by atoms with E-state index in [9.17, 15) is 22.8 Å². The maximum absolute atomic E-state index is 13.6. The van der Waals surface area contributed by atoms with E-state index in [0.717, 1.165) is 42.3 Å². The third kappa shape index (κ3) is 4.36. The van der Waals surface area contributed by atoms with Crippen molar-refractivity contribution >= 4 is 17.5 Å². The van der Waals surface area contributed by atoms with Gasteiger partial charge in [0.1, 0.15) is 12.2 Å². The van der Waals surface area contributed by atoms with Crippen LogP contribution >= 0.6 is 0 Å². The molecule has 2 amide bonds. The van der Waals surface area contributed by atoms with Gasteiger partial charge in [-0.25, -0.2) is 0 Å². The number of aromatic nitrogens is 3. The molecule has 1 aromatic heterocycles. The molecule has 7 nitrogen and oxygen atoms in total. The Kier molecular flexibility index (Phi) is 6.05. The van der Waals surface area contributed by atoms with Crippen molar-refractivity contribution < 1.29 is 22.8 Å². The van der Waals surface area contributed by atoms with Crippen LogP contribution in [-0.4, -0.2) is 32.8 Å². The predicted molar refractivity (Wildman–Crippen MR) is 126 cm³/mol. The molecule has 0 saturated heterocycles. The molecular weight excluding hydrogens is 471 g/mol. The number of alkyl halides is 3. The Morgan fingerprint density at radius 2 is 2.03 bits per heavy atom. The highest BCUT2D eigenvalue weighted by molar-refractivity contribution is 6.04. The summed E-state index contributed by atoms with van der Waals surface area (Å²) in [5, 5.41) is 11.2. The summed E-state index contributed by atoms with van der Waals surface area (Å²) in [6, 6.07) is 5.56. The van der Waals surface area contributed by atoms with Crippen LogP contribution in [0.3, 0.4) is 0 Å². The van der Waals surface area contributed by atoms with E-state index in [1.54, 1.807) is 12.4 Å².